The Hall–Kier alpha value is -2.92. The van der Waals surface area contributed by atoms with Gasteiger partial charge in [-0.05, 0) is 61.6 Å². The van der Waals surface area contributed by atoms with Crippen LogP contribution in [-0.2, 0) is 6.42 Å². The maximum Gasteiger partial charge on any atom is 0.253 e. The van der Waals surface area contributed by atoms with Crippen molar-refractivity contribution in [2.24, 2.45) is 5.41 Å². The van der Waals surface area contributed by atoms with Crippen LogP contribution in [0.15, 0.2) is 73.1 Å². The molecule has 1 saturated heterocycles. The van der Waals surface area contributed by atoms with E-state index in [-0.39, 0.29) is 17.9 Å². The highest BCUT2D eigenvalue weighted by molar-refractivity contribution is 5.94. The highest BCUT2D eigenvalue weighted by atomic mass is 16.3. The van der Waals surface area contributed by atoms with Crippen molar-refractivity contribution in [3.05, 3.63) is 84.2 Å². The normalized spacial score (nSPS) is 19.3. The Kier molecular flexibility index (Phi) is 5.76. The molecule has 0 saturated carbocycles. The zero-order chi connectivity index (χ0) is 20.1. The van der Waals surface area contributed by atoms with Gasteiger partial charge < -0.3 is 10.0 Å². The lowest BCUT2D eigenvalue weighted by Gasteiger charge is -2.42. The fourth-order valence-electron chi connectivity index (χ4n) is 4.21. The first-order chi connectivity index (χ1) is 14.2. The molecule has 0 aliphatic carbocycles. The lowest BCUT2D eigenvalue weighted by atomic mass is 9.76. The summed E-state index contributed by atoms with van der Waals surface area (Å²) in [6.45, 7) is 1.46. The van der Waals surface area contributed by atoms with Gasteiger partial charge in [-0.1, -0.05) is 30.3 Å². The number of likely N-dealkylation sites (tertiary alicyclic amines) is 1. The van der Waals surface area contributed by atoms with Gasteiger partial charge in [0.1, 0.15) is 0 Å². The van der Waals surface area contributed by atoms with E-state index in [1.807, 2.05) is 59.6 Å². The fourth-order valence-corrected chi connectivity index (χ4v) is 4.21. The molecule has 0 radical (unpaired) electrons. The van der Waals surface area contributed by atoms with Gasteiger partial charge in [-0.25, -0.2) is 4.68 Å². The predicted molar refractivity (Wildman–Crippen MR) is 113 cm³/mol. The molecule has 2 heterocycles. The van der Waals surface area contributed by atoms with Crippen molar-refractivity contribution >= 4 is 5.91 Å². The fraction of sp³-hybridized carbons (Fsp3) is 0.333. The van der Waals surface area contributed by atoms with Gasteiger partial charge in [0.2, 0.25) is 0 Å². The van der Waals surface area contributed by atoms with Crippen molar-refractivity contribution in [3.63, 3.8) is 0 Å². The van der Waals surface area contributed by atoms with Crippen LogP contribution in [-0.4, -0.2) is 45.4 Å². The third-order valence-electron chi connectivity index (χ3n) is 5.95. The van der Waals surface area contributed by atoms with Crippen molar-refractivity contribution in [1.82, 2.24) is 14.7 Å². The number of piperidine rings is 1. The molecule has 3 aromatic rings. The highest BCUT2D eigenvalue weighted by Gasteiger charge is 2.36. The predicted octanol–water partition coefficient (Wildman–Crippen LogP) is 3.72. The van der Waals surface area contributed by atoms with Crippen LogP contribution in [0.25, 0.3) is 5.69 Å². The Balaban J connectivity index is 1.44. The number of aromatic nitrogens is 2. The molecule has 1 aromatic heterocycles. The Morgan fingerprint density at radius 3 is 2.55 bits per heavy atom. The van der Waals surface area contributed by atoms with Gasteiger partial charge in [-0.3, -0.25) is 4.79 Å². The topological polar surface area (TPSA) is 58.4 Å². The summed E-state index contributed by atoms with van der Waals surface area (Å²) in [6.07, 6.45) is 7.29. The van der Waals surface area contributed by atoms with Crippen molar-refractivity contribution in [3.8, 4) is 5.69 Å². The van der Waals surface area contributed by atoms with Gasteiger partial charge >= 0.3 is 0 Å². The zero-order valence-corrected chi connectivity index (χ0v) is 16.6. The second kappa shape index (κ2) is 8.62. The number of amides is 1. The molecular formula is C24H27N3O2. The molecule has 29 heavy (non-hydrogen) atoms. The van der Waals surface area contributed by atoms with Crippen LogP contribution in [0.5, 0.6) is 0 Å². The van der Waals surface area contributed by atoms with Crippen LogP contribution >= 0.6 is 0 Å². The van der Waals surface area contributed by atoms with E-state index >= 15 is 0 Å². The lowest BCUT2D eigenvalue weighted by Crippen LogP contribution is -2.48. The number of hydrogen-bond donors (Lipinski definition) is 1. The number of benzene rings is 2. The van der Waals surface area contributed by atoms with Crippen molar-refractivity contribution in [2.45, 2.75) is 25.7 Å². The van der Waals surface area contributed by atoms with E-state index in [2.05, 4.69) is 17.2 Å². The molecule has 0 unspecified atom stereocenters. The van der Waals surface area contributed by atoms with E-state index < -0.39 is 0 Å². The van der Waals surface area contributed by atoms with Gasteiger partial charge in [-0.15, -0.1) is 0 Å². The van der Waals surface area contributed by atoms with Crippen LogP contribution in [0.4, 0.5) is 0 Å². The number of carbonyl (C=O) groups excluding carboxylic acids is 1. The van der Waals surface area contributed by atoms with Gasteiger partial charge in [-0.2, -0.15) is 5.10 Å². The minimum absolute atomic E-state index is 0.0363. The Morgan fingerprint density at radius 1 is 1.07 bits per heavy atom. The summed E-state index contributed by atoms with van der Waals surface area (Å²) in [5, 5.41) is 14.4. The molecule has 4 rings (SSSR count). The van der Waals surface area contributed by atoms with Gasteiger partial charge in [0, 0.05) is 36.5 Å². The van der Waals surface area contributed by atoms with Crippen molar-refractivity contribution in [2.75, 3.05) is 19.7 Å². The second-order valence-corrected chi connectivity index (χ2v) is 7.97. The molecule has 1 fully saturated rings. The summed E-state index contributed by atoms with van der Waals surface area (Å²) in [6, 6.07) is 19.8. The Bertz CT molecular complexity index is 923. The molecule has 1 atom stereocenters. The molecule has 1 amide bonds. The molecule has 2 aromatic carbocycles. The number of aryl methyl sites for hydroxylation is 1. The van der Waals surface area contributed by atoms with Gasteiger partial charge in [0.05, 0.1) is 12.3 Å². The molecule has 1 N–H and O–H groups in total. The minimum atomic E-state index is -0.223. The van der Waals surface area contributed by atoms with Gasteiger partial charge in [0.15, 0.2) is 0 Å². The van der Waals surface area contributed by atoms with Crippen LogP contribution in [0, 0.1) is 5.41 Å². The quantitative estimate of drug-likeness (QED) is 0.699. The van der Waals surface area contributed by atoms with Crippen molar-refractivity contribution < 1.29 is 9.90 Å². The third kappa shape index (κ3) is 4.40. The van der Waals surface area contributed by atoms with E-state index in [9.17, 15) is 9.90 Å². The molecule has 1 aliphatic rings. The van der Waals surface area contributed by atoms with Gasteiger partial charge in [0.25, 0.3) is 5.91 Å². The summed E-state index contributed by atoms with van der Waals surface area (Å²) < 4.78 is 1.77. The van der Waals surface area contributed by atoms with Crippen LogP contribution in [0.3, 0.4) is 0 Å². The summed E-state index contributed by atoms with van der Waals surface area (Å²) in [4.78, 5) is 15.0. The maximum absolute atomic E-state index is 13.1. The van der Waals surface area contributed by atoms with Crippen LogP contribution in [0.1, 0.15) is 35.2 Å². The van der Waals surface area contributed by atoms with E-state index in [1.54, 1.807) is 10.9 Å². The molecule has 1 aliphatic heterocycles. The largest absolute Gasteiger partial charge is 0.396 e. The smallest absolute Gasteiger partial charge is 0.253 e. The standard InChI is InChI=1S/C24H27N3O2/c28-19-24(14-12-20-6-2-1-3-7-20)13-4-16-26(18-24)23(29)21-8-10-22(11-9-21)27-17-5-15-25-27/h1-3,5-11,15,17,28H,4,12-14,16,18-19H2/t24-/m0/s1. The number of nitrogens with zero attached hydrogens (tertiary/aromatic N) is 3. The monoisotopic (exact) mass is 389 g/mol. The first kappa shape index (κ1) is 19.4. The Morgan fingerprint density at radius 2 is 1.86 bits per heavy atom. The second-order valence-electron chi connectivity index (χ2n) is 7.97. The average molecular weight is 389 g/mol. The Labute approximate surface area is 171 Å². The van der Waals surface area contributed by atoms with E-state index in [4.69, 9.17) is 0 Å². The molecule has 0 bridgehead atoms. The summed E-state index contributed by atoms with van der Waals surface area (Å²) in [5.41, 5.74) is 2.66. The number of hydrogen-bond acceptors (Lipinski definition) is 3. The number of aliphatic hydroxyl groups excluding tert-OH is 1. The number of carbonyl (C=O) groups is 1. The highest BCUT2D eigenvalue weighted by Crippen LogP contribution is 2.35. The lowest BCUT2D eigenvalue weighted by molar-refractivity contribution is 0.0228. The summed E-state index contributed by atoms with van der Waals surface area (Å²) >= 11 is 0. The number of rotatable bonds is 6. The average Bonchev–Trinajstić information content (AvgIpc) is 3.33. The summed E-state index contributed by atoms with van der Waals surface area (Å²) in [7, 11) is 0. The molecule has 5 heteroatoms. The van der Waals surface area contributed by atoms with Crippen LogP contribution in [0.2, 0.25) is 0 Å². The van der Waals surface area contributed by atoms with Crippen molar-refractivity contribution in [1.29, 1.82) is 0 Å². The first-order valence-electron chi connectivity index (χ1n) is 10.2. The molecule has 150 valence electrons. The minimum Gasteiger partial charge on any atom is -0.396 e. The van der Waals surface area contributed by atoms with E-state index in [0.29, 0.717) is 12.1 Å². The van der Waals surface area contributed by atoms with Crippen LogP contribution < -0.4 is 0 Å². The third-order valence-corrected chi connectivity index (χ3v) is 5.95. The summed E-state index contributed by atoms with van der Waals surface area (Å²) in [5.74, 6) is 0.0363. The molecule has 5 nitrogen and oxygen atoms in total. The molecule has 0 spiro atoms. The van der Waals surface area contributed by atoms with E-state index in [1.165, 1.54) is 5.56 Å². The number of aliphatic hydroxyl groups is 1. The van der Waals surface area contributed by atoms with E-state index in [0.717, 1.165) is 37.9 Å². The first-order valence-corrected chi connectivity index (χ1v) is 10.2. The zero-order valence-electron chi connectivity index (χ0n) is 16.6. The molecular weight excluding hydrogens is 362 g/mol. The SMILES string of the molecule is O=C(c1ccc(-n2cccn2)cc1)N1CCC[C@](CO)(CCc2ccccc2)C1. The maximum atomic E-state index is 13.1.